The highest BCUT2D eigenvalue weighted by Crippen LogP contribution is 2.31. The summed E-state index contributed by atoms with van der Waals surface area (Å²) in [7, 11) is 0. The SMILES string of the molecule is C=CC=C(c1ccc(N2CCCC2)cc1)c1ccc(N(CC)CC)cc1C. The number of hydrogen-bond acceptors (Lipinski definition) is 2. The van der Waals surface area contributed by atoms with E-state index in [-0.39, 0.29) is 0 Å². The van der Waals surface area contributed by atoms with Crippen LogP contribution in [0.4, 0.5) is 11.4 Å². The Morgan fingerprint density at radius 1 is 1.04 bits per heavy atom. The predicted molar refractivity (Wildman–Crippen MR) is 120 cm³/mol. The number of rotatable bonds is 7. The van der Waals surface area contributed by atoms with Crippen LogP contribution in [0.5, 0.6) is 0 Å². The van der Waals surface area contributed by atoms with Gasteiger partial charge in [-0.25, -0.2) is 0 Å². The minimum atomic E-state index is 1.03. The minimum Gasteiger partial charge on any atom is -0.372 e. The zero-order chi connectivity index (χ0) is 19.2. The molecule has 2 nitrogen and oxygen atoms in total. The number of allylic oxidation sites excluding steroid dienone is 2. The summed E-state index contributed by atoms with van der Waals surface area (Å²) in [6.45, 7) is 15.0. The Bertz CT molecular complexity index is 792. The molecule has 0 saturated carbocycles. The molecule has 0 unspecified atom stereocenters. The Morgan fingerprint density at radius 2 is 1.70 bits per heavy atom. The number of aryl methyl sites for hydroxylation is 1. The van der Waals surface area contributed by atoms with Gasteiger partial charge < -0.3 is 9.80 Å². The fourth-order valence-electron chi connectivity index (χ4n) is 4.02. The monoisotopic (exact) mass is 360 g/mol. The lowest BCUT2D eigenvalue weighted by Gasteiger charge is -2.23. The Kier molecular flexibility index (Phi) is 6.39. The van der Waals surface area contributed by atoms with Crippen molar-refractivity contribution in [1.82, 2.24) is 0 Å². The van der Waals surface area contributed by atoms with Crippen LogP contribution in [0.2, 0.25) is 0 Å². The molecule has 2 aromatic rings. The van der Waals surface area contributed by atoms with Gasteiger partial charge in [0.25, 0.3) is 0 Å². The van der Waals surface area contributed by atoms with Crippen molar-refractivity contribution >= 4 is 16.9 Å². The predicted octanol–water partition coefficient (Wildman–Crippen LogP) is 6.06. The molecule has 1 heterocycles. The molecule has 1 aliphatic heterocycles. The topological polar surface area (TPSA) is 6.48 Å². The quantitative estimate of drug-likeness (QED) is 0.554. The molecule has 0 N–H and O–H groups in total. The van der Waals surface area contributed by atoms with Crippen molar-refractivity contribution < 1.29 is 0 Å². The minimum absolute atomic E-state index is 1.03. The van der Waals surface area contributed by atoms with Crippen LogP contribution in [0.3, 0.4) is 0 Å². The van der Waals surface area contributed by atoms with Gasteiger partial charge in [0, 0.05) is 37.6 Å². The second-order valence-electron chi connectivity index (χ2n) is 7.23. The fourth-order valence-corrected chi connectivity index (χ4v) is 4.02. The number of benzene rings is 2. The van der Waals surface area contributed by atoms with Crippen molar-refractivity contribution in [3.8, 4) is 0 Å². The van der Waals surface area contributed by atoms with Gasteiger partial charge in [-0.15, -0.1) is 0 Å². The zero-order valence-corrected chi connectivity index (χ0v) is 17.0. The molecule has 1 aliphatic rings. The number of nitrogens with zero attached hydrogens (tertiary/aromatic N) is 2. The van der Waals surface area contributed by atoms with Gasteiger partial charge in [-0.3, -0.25) is 0 Å². The van der Waals surface area contributed by atoms with Crippen LogP contribution in [0, 0.1) is 6.92 Å². The average Bonchev–Trinajstić information content (AvgIpc) is 3.23. The van der Waals surface area contributed by atoms with Gasteiger partial charge >= 0.3 is 0 Å². The maximum absolute atomic E-state index is 3.94. The Labute approximate surface area is 164 Å². The first-order valence-electron chi connectivity index (χ1n) is 10.2. The fraction of sp³-hybridized carbons (Fsp3) is 0.360. The van der Waals surface area contributed by atoms with E-state index in [1.165, 1.54) is 59.6 Å². The number of hydrogen-bond donors (Lipinski definition) is 0. The average molecular weight is 361 g/mol. The van der Waals surface area contributed by atoms with E-state index in [0.717, 1.165) is 13.1 Å². The summed E-state index contributed by atoms with van der Waals surface area (Å²) in [6.07, 6.45) is 6.63. The summed E-state index contributed by atoms with van der Waals surface area (Å²) in [5, 5.41) is 0. The summed E-state index contributed by atoms with van der Waals surface area (Å²) in [5.41, 5.74) is 7.69. The molecular formula is C25H32N2. The molecule has 2 heteroatoms. The third-order valence-corrected chi connectivity index (χ3v) is 5.56. The van der Waals surface area contributed by atoms with Crippen LogP contribution in [0.15, 0.2) is 61.2 Å². The summed E-state index contributed by atoms with van der Waals surface area (Å²) in [5.74, 6) is 0. The molecule has 0 atom stereocenters. The Hall–Kier alpha value is -2.48. The maximum atomic E-state index is 3.94. The van der Waals surface area contributed by atoms with E-state index in [0.29, 0.717) is 0 Å². The molecule has 27 heavy (non-hydrogen) atoms. The van der Waals surface area contributed by atoms with Gasteiger partial charge in [-0.1, -0.05) is 36.9 Å². The van der Waals surface area contributed by atoms with E-state index in [4.69, 9.17) is 0 Å². The Balaban J connectivity index is 1.91. The van der Waals surface area contributed by atoms with E-state index < -0.39 is 0 Å². The highest BCUT2D eigenvalue weighted by Gasteiger charge is 2.14. The summed E-state index contributed by atoms with van der Waals surface area (Å²) in [4.78, 5) is 4.86. The first-order chi connectivity index (χ1) is 13.2. The third kappa shape index (κ3) is 4.27. The van der Waals surface area contributed by atoms with E-state index in [1.54, 1.807) is 0 Å². The van der Waals surface area contributed by atoms with Crippen molar-refractivity contribution in [2.24, 2.45) is 0 Å². The van der Waals surface area contributed by atoms with Crippen molar-refractivity contribution in [2.45, 2.75) is 33.6 Å². The molecule has 0 radical (unpaired) electrons. The van der Waals surface area contributed by atoms with Crippen LogP contribution in [-0.2, 0) is 0 Å². The Morgan fingerprint density at radius 3 is 2.26 bits per heavy atom. The van der Waals surface area contributed by atoms with E-state index >= 15 is 0 Å². The summed E-state index contributed by atoms with van der Waals surface area (Å²) >= 11 is 0. The first kappa shape index (κ1) is 19.3. The van der Waals surface area contributed by atoms with Gasteiger partial charge in [-0.05, 0) is 80.1 Å². The smallest absolute Gasteiger partial charge is 0.0369 e. The van der Waals surface area contributed by atoms with Gasteiger partial charge in [-0.2, -0.15) is 0 Å². The molecule has 0 bridgehead atoms. The first-order valence-corrected chi connectivity index (χ1v) is 10.2. The molecule has 1 fully saturated rings. The lowest BCUT2D eigenvalue weighted by atomic mass is 9.93. The second kappa shape index (κ2) is 8.94. The zero-order valence-electron chi connectivity index (χ0n) is 17.0. The van der Waals surface area contributed by atoms with Gasteiger partial charge in [0.15, 0.2) is 0 Å². The molecule has 1 saturated heterocycles. The lowest BCUT2D eigenvalue weighted by molar-refractivity contribution is 0.865. The van der Waals surface area contributed by atoms with Gasteiger partial charge in [0.2, 0.25) is 0 Å². The van der Waals surface area contributed by atoms with Crippen molar-refractivity contribution in [2.75, 3.05) is 36.0 Å². The lowest BCUT2D eigenvalue weighted by Crippen LogP contribution is -2.21. The molecule has 3 rings (SSSR count). The van der Waals surface area contributed by atoms with Crippen molar-refractivity contribution in [3.05, 3.63) is 77.9 Å². The maximum Gasteiger partial charge on any atom is 0.0369 e. The standard InChI is InChI=1S/C25H32N2/c1-5-10-25(21-11-13-22(14-12-21)27-17-8-9-18-27)24-16-15-23(19-20(24)4)26(6-2)7-3/h5,10-16,19H,1,6-9,17-18H2,2-4H3. The second-order valence-corrected chi connectivity index (χ2v) is 7.23. The van der Waals surface area contributed by atoms with Crippen LogP contribution in [0.25, 0.3) is 5.57 Å². The third-order valence-electron chi connectivity index (χ3n) is 5.56. The number of anilines is 2. The molecule has 2 aromatic carbocycles. The van der Waals surface area contributed by atoms with Crippen molar-refractivity contribution in [1.29, 1.82) is 0 Å². The van der Waals surface area contributed by atoms with E-state index in [2.05, 4.69) is 85.7 Å². The van der Waals surface area contributed by atoms with Crippen LogP contribution in [0.1, 0.15) is 43.4 Å². The van der Waals surface area contributed by atoms with Crippen LogP contribution >= 0.6 is 0 Å². The highest BCUT2D eigenvalue weighted by atomic mass is 15.1. The van der Waals surface area contributed by atoms with Crippen molar-refractivity contribution in [3.63, 3.8) is 0 Å². The normalized spacial score (nSPS) is 14.5. The van der Waals surface area contributed by atoms with Gasteiger partial charge in [0.1, 0.15) is 0 Å². The molecule has 0 aliphatic carbocycles. The summed E-state index contributed by atoms with van der Waals surface area (Å²) in [6, 6.07) is 15.8. The molecular weight excluding hydrogens is 328 g/mol. The van der Waals surface area contributed by atoms with Crippen LogP contribution in [-0.4, -0.2) is 26.2 Å². The molecule has 0 spiro atoms. The van der Waals surface area contributed by atoms with Crippen LogP contribution < -0.4 is 9.80 Å². The molecule has 0 amide bonds. The largest absolute Gasteiger partial charge is 0.372 e. The van der Waals surface area contributed by atoms with E-state index in [1.807, 2.05) is 6.08 Å². The molecule has 142 valence electrons. The molecule has 0 aromatic heterocycles. The van der Waals surface area contributed by atoms with Gasteiger partial charge in [0.05, 0.1) is 0 Å². The van der Waals surface area contributed by atoms with E-state index in [9.17, 15) is 0 Å². The highest BCUT2D eigenvalue weighted by molar-refractivity contribution is 5.83. The summed E-state index contributed by atoms with van der Waals surface area (Å²) < 4.78 is 0.